The zero-order chi connectivity index (χ0) is 29.1. The Morgan fingerprint density at radius 2 is 0.927 bits per heavy atom. The Morgan fingerprint density at radius 3 is 1.17 bits per heavy atom. The molecule has 0 N–H and O–H groups in total. The first-order chi connectivity index (χ1) is 19.0. The van der Waals surface area contributed by atoms with Crippen LogP contribution in [0.2, 0.25) is 0 Å². The molecule has 2 aromatic carbocycles. The summed E-state index contributed by atoms with van der Waals surface area (Å²) in [5, 5.41) is 0. The fourth-order valence-corrected chi connectivity index (χ4v) is 5.46. The van der Waals surface area contributed by atoms with E-state index in [1.165, 1.54) is 0 Å². The van der Waals surface area contributed by atoms with Gasteiger partial charge in [-0.15, -0.1) is 0 Å². The lowest BCUT2D eigenvalue weighted by molar-refractivity contribution is 0.100. The number of rotatable bonds is 9. The van der Waals surface area contributed by atoms with Crippen LogP contribution in [0.5, 0.6) is 0 Å². The molecule has 4 rings (SSSR count). The number of aromatic nitrogens is 2. The van der Waals surface area contributed by atoms with E-state index in [1.807, 2.05) is 76.5 Å². The first-order valence-electron chi connectivity index (χ1n) is 13.6. The summed E-state index contributed by atoms with van der Waals surface area (Å²) in [5.74, 6) is 0.183. The highest BCUT2D eigenvalue weighted by Crippen LogP contribution is 2.27. The molecule has 0 fully saturated rings. The minimum Gasteiger partial charge on any atom is -0.372 e. The molecule has 0 aliphatic carbocycles. The van der Waals surface area contributed by atoms with Gasteiger partial charge in [0.1, 0.15) is 0 Å². The quantitative estimate of drug-likeness (QED) is 0.199. The molecule has 2 heterocycles. The molecule has 0 aliphatic rings. The maximum absolute atomic E-state index is 11.9. The van der Waals surface area contributed by atoms with Gasteiger partial charge in [0.2, 0.25) is 0 Å². The normalized spacial score (nSPS) is 10.6. The molecule has 6 nitrogen and oxygen atoms in total. The van der Waals surface area contributed by atoms with Gasteiger partial charge >= 0.3 is 0 Å². The number of Topliss-reactive ketones (excluding diaryl/α,β-unsaturated/α-hetero) is 2. The van der Waals surface area contributed by atoms with Crippen LogP contribution >= 0.6 is 0 Å². The molecule has 0 radical (unpaired) electrons. The molecule has 0 amide bonds. The van der Waals surface area contributed by atoms with E-state index in [-0.39, 0.29) is 19.0 Å². The predicted molar refractivity (Wildman–Crippen MR) is 172 cm³/mol. The third-order valence-corrected chi connectivity index (χ3v) is 7.51. The lowest BCUT2D eigenvalue weighted by atomic mass is 9.95. The SMILES string of the molecule is C.CC(=O)c1c(C)cc(-c2ccc(N(C)CCN(C)c3ccc(-c4cc(C)c(C(C)=O)c(C)c4)nc3)cn2)cc1C. The number of nitrogens with zero attached hydrogens (tertiary/aromatic N) is 4. The second-order valence-electron chi connectivity index (χ2n) is 10.7. The number of pyridine rings is 2. The average molecular weight is 551 g/mol. The lowest BCUT2D eigenvalue weighted by Crippen LogP contribution is -2.30. The molecule has 6 heteroatoms. The van der Waals surface area contributed by atoms with Crippen LogP contribution in [0.15, 0.2) is 60.9 Å². The molecule has 0 aliphatic heterocycles. The molecule has 0 saturated heterocycles. The number of likely N-dealkylation sites (N-methyl/N-ethyl adjacent to an activating group) is 2. The Morgan fingerprint density at radius 1 is 0.610 bits per heavy atom. The molecule has 0 unspecified atom stereocenters. The van der Waals surface area contributed by atoms with E-state index in [9.17, 15) is 9.59 Å². The van der Waals surface area contributed by atoms with Gasteiger partial charge < -0.3 is 9.80 Å². The lowest BCUT2D eigenvalue weighted by Gasteiger charge is -2.25. The zero-order valence-electron chi connectivity index (χ0n) is 24.8. The number of hydrogen-bond acceptors (Lipinski definition) is 6. The third-order valence-electron chi connectivity index (χ3n) is 7.51. The van der Waals surface area contributed by atoms with Crippen LogP contribution in [0.3, 0.4) is 0 Å². The average Bonchev–Trinajstić information content (AvgIpc) is 2.90. The summed E-state index contributed by atoms with van der Waals surface area (Å²) in [7, 11) is 4.13. The van der Waals surface area contributed by atoms with E-state index in [2.05, 4.69) is 36.0 Å². The van der Waals surface area contributed by atoms with Crippen LogP contribution in [-0.2, 0) is 0 Å². The molecule has 41 heavy (non-hydrogen) atoms. The Kier molecular flexibility index (Phi) is 9.82. The van der Waals surface area contributed by atoms with E-state index >= 15 is 0 Å². The topological polar surface area (TPSA) is 66.4 Å². The van der Waals surface area contributed by atoms with Gasteiger partial charge in [-0.05, 0) is 112 Å². The maximum Gasteiger partial charge on any atom is 0.160 e. The molecule has 2 aromatic heterocycles. The van der Waals surface area contributed by atoms with E-state index < -0.39 is 0 Å². The van der Waals surface area contributed by atoms with Crippen molar-refractivity contribution in [2.75, 3.05) is 37.0 Å². The standard InChI is InChI=1S/C34H38N4O2.CH4/c1-21-15-27(16-22(2)33(21)25(5)39)31-11-9-29(19-35-31)37(7)13-14-38(8)30-10-12-32(36-20-30)28-17-23(3)34(26(6)40)24(4)18-28;/h9-12,15-20H,13-14H2,1-8H3;1H4. The summed E-state index contributed by atoms with van der Waals surface area (Å²) in [5.41, 5.74) is 11.4. The summed E-state index contributed by atoms with van der Waals surface area (Å²) in [6.07, 6.45) is 3.80. The van der Waals surface area contributed by atoms with Crippen LogP contribution in [-0.4, -0.2) is 48.7 Å². The molecular formula is C35H42N4O2. The minimum atomic E-state index is 0. The van der Waals surface area contributed by atoms with Gasteiger partial charge in [0, 0.05) is 49.4 Å². The Bertz CT molecular complexity index is 1390. The predicted octanol–water partition coefficient (Wildman–Crippen LogP) is 7.66. The van der Waals surface area contributed by atoms with Crippen LogP contribution < -0.4 is 9.80 Å². The highest BCUT2D eigenvalue weighted by molar-refractivity contribution is 5.98. The molecule has 0 bridgehead atoms. The maximum atomic E-state index is 11.9. The summed E-state index contributed by atoms with van der Waals surface area (Å²) < 4.78 is 0. The molecule has 0 spiro atoms. The van der Waals surface area contributed by atoms with Crippen molar-refractivity contribution in [3.8, 4) is 22.5 Å². The van der Waals surface area contributed by atoms with Crippen molar-refractivity contribution in [2.45, 2.75) is 49.0 Å². The van der Waals surface area contributed by atoms with Crippen LogP contribution in [0.1, 0.15) is 64.2 Å². The van der Waals surface area contributed by atoms with Crippen molar-refractivity contribution in [3.05, 3.63) is 94.3 Å². The molecule has 4 aromatic rings. The van der Waals surface area contributed by atoms with Gasteiger partial charge in [-0.25, -0.2) is 0 Å². The van der Waals surface area contributed by atoms with Crippen LogP contribution in [0, 0.1) is 27.7 Å². The van der Waals surface area contributed by atoms with Gasteiger partial charge in [0.05, 0.1) is 35.2 Å². The Hall–Kier alpha value is -4.32. The van der Waals surface area contributed by atoms with E-state index in [0.29, 0.717) is 0 Å². The number of carbonyl (C=O) groups excluding carboxylic acids is 2. The van der Waals surface area contributed by atoms with Gasteiger partial charge in [0.25, 0.3) is 0 Å². The van der Waals surface area contributed by atoms with Crippen molar-refractivity contribution < 1.29 is 9.59 Å². The highest BCUT2D eigenvalue weighted by atomic mass is 16.1. The second kappa shape index (κ2) is 12.9. The van der Waals surface area contributed by atoms with Crippen molar-refractivity contribution in [1.82, 2.24) is 9.97 Å². The monoisotopic (exact) mass is 550 g/mol. The number of aryl methyl sites for hydroxylation is 4. The summed E-state index contributed by atoms with van der Waals surface area (Å²) in [4.78, 5) is 37.7. The van der Waals surface area contributed by atoms with Crippen molar-refractivity contribution >= 4 is 22.9 Å². The number of ketones is 2. The highest BCUT2D eigenvalue weighted by Gasteiger charge is 2.13. The largest absolute Gasteiger partial charge is 0.372 e. The van der Waals surface area contributed by atoms with Gasteiger partial charge in [-0.2, -0.15) is 0 Å². The van der Waals surface area contributed by atoms with Crippen molar-refractivity contribution in [2.24, 2.45) is 0 Å². The molecule has 0 saturated carbocycles. The van der Waals surface area contributed by atoms with Crippen LogP contribution in [0.25, 0.3) is 22.5 Å². The van der Waals surface area contributed by atoms with E-state index in [4.69, 9.17) is 9.97 Å². The Balaban J connectivity index is 0.00000462. The number of carbonyl (C=O) groups is 2. The fourth-order valence-electron chi connectivity index (χ4n) is 5.46. The molecule has 0 atom stereocenters. The third kappa shape index (κ3) is 6.88. The second-order valence-corrected chi connectivity index (χ2v) is 10.7. The summed E-state index contributed by atoms with van der Waals surface area (Å²) in [6.45, 7) is 12.8. The zero-order valence-corrected chi connectivity index (χ0v) is 24.8. The van der Waals surface area contributed by atoms with Gasteiger partial charge in [0.15, 0.2) is 11.6 Å². The number of anilines is 2. The fraction of sp³-hybridized carbons (Fsp3) is 0.314. The molecule has 214 valence electrons. The number of hydrogen-bond donors (Lipinski definition) is 0. The first kappa shape index (κ1) is 31.2. The number of benzene rings is 2. The first-order valence-corrected chi connectivity index (χ1v) is 13.6. The van der Waals surface area contributed by atoms with Gasteiger partial charge in [-0.3, -0.25) is 19.6 Å². The van der Waals surface area contributed by atoms with Crippen LogP contribution in [0.4, 0.5) is 11.4 Å². The van der Waals surface area contributed by atoms with Gasteiger partial charge in [-0.1, -0.05) is 7.43 Å². The summed E-state index contributed by atoms with van der Waals surface area (Å²) >= 11 is 0. The minimum absolute atomic E-state index is 0. The van der Waals surface area contributed by atoms with E-state index in [0.717, 1.165) is 80.4 Å². The summed E-state index contributed by atoms with van der Waals surface area (Å²) in [6, 6.07) is 16.4. The molecular weight excluding hydrogens is 508 g/mol. The smallest absolute Gasteiger partial charge is 0.160 e. The van der Waals surface area contributed by atoms with Crippen molar-refractivity contribution in [1.29, 1.82) is 0 Å². The Labute approximate surface area is 245 Å². The van der Waals surface area contributed by atoms with Crippen molar-refractivity contribution in [3.63, 3.8) is 0 Å². The van der Waals surface area contributed by atoms with E-state index in [1.54, 1.807) is 13.8 Å².